The molecule has 0 heterocycles. The zero-order valence-electron chi connectivity index (χ0n) is 7.33. The molecule has 0 spiro atoms. The van der Waals surface area contributed by atoms with Crippen molar-refractivity contribution in [2.24, 2.45) is 0 Å². The Morgan fingerprint density at radius 3 is 2.67 bits per heavy atom. The van der Waals surface area contributed by atoms with Crippen molar-refractivity contribution in [3.8, 4) is 0 Å². The van der Waals surface area contributed by atoms with Crippen molar-refractivity contribution in [2.75, 3.05) is 5.75 Å². The molecule has 2 nitrogen and oxygen atoms in total. The van der Waals surface area contributed by atoms with Gasteiger partial charge >= 0.3 is 0 Å². The fourth-order valence-electron chi connectivity index (χ4n) is 0.987. The summed E-state index contributed by atoms with van der Waals surface area (Å²) in [6.45, 7) is 3.71. The van der Waals surface area contributed by atoms with Gasteiger partial charge in [-0.05, 0) is 24.6 Å². The van der Waals surface area contributed by atoms with Crippen LogP contribution in [0.2, 0.25) is 0 Å². The first-order valence-electron chi connectivity index (χ1n) is 3.89. The number of benzene rings is 1. The van der Waals surface area contributed by atoms with E-state index in [1.165, 1.54) is 0 Å². The Kier molecular flexibility index (Phi) is 2.52. The van der Waals surface area contributed by atoms with Gasteiger partial charge < -0.3 is 0 Å². The predicted molar refractivity (Wildman–Crippen MR) is 50.8 cm³/mol. The van der Waals surface area contributed by atoms with Crippen molar-refractivity contribution in [2.45, 2.75) is 18.7 Å². The molecule has 0 aromatic heterocycles. The van der Waals surface area contributed by atoms with Crippen molar-refractivity contribution < 1.29 is 4.21 Å². The molecule has 1 aromatic carbocycles. The van der Waals surface area contributed by atoms with Gasteiger partial charge in [0.05, 0.1) is 9.73 Å². The first-order valence-corrected chi connectivity index (χ1v) is 5.62. The summed E-state index contributed by atoms with van der Waals surface area (Å²) in [6.07, 6.45) is 0. The Morgan fingerprint density at radius 1 is 1.50 bits per heavy atom. The molecule has 0 aliphatic heterocycles. The fourth-order valence-corrected chi connectivity index (χ4v) is 2.00. The number of hydrogen-bond acceptors (Lipinski definition) is 2. The number of rotatable bonds is 2. The van der Waals surface area contributed by atoms with Gasteiger partial charge in [0.25, 0.3) is 0 Å². The maximum absolute atomic E-state index is 11.6. The normalized spacial score (nSPS) is 15.5. The van der Waals surface area contributed by atoms with Crippen LogP contribution in [0, 0.1) is 11.7 Å². The second-order valence-corrected chi connectivity index (χ2v) is 5.18. The maximum Gasteiger partial charge on any atom is 0.0723 e. The summed E-state index contributed by atoms with van der Waals surface area (Å²) >= 11 is 0. The molecule has 0 fully saturated rings. The number of aryl methyl sites for hydroxylation is 1. The van der Waals surface area contributed by atoms with E-state index in [-0.39, 0.29) is 0 Å². The van der Waals surface area contributed by atoms with Crippen LogP contribution in [-0.2, 0) is 9.73 Å². The molecule has 1 aromatic rings. The van der Waals surface area contributed by atoms with E-state index in [2.05, 4.69) is 0 Å². The highest BCUT2D eigenvalue weighted by atomic mass is 32.2. The zero-order valence-corrected chi connectivity index (χ0v) is 8.15. The highest BCUT2D eigenvalue weighted by Gasteiger charge is 2.05. The Labute approximate surface area is 73.6 Å². The fraction of sp³-hybridized carbons (Fsp3) is 0.333. The van der Waals surface area contributed by atoms with E-state index < -0.39 is 9.73 Å². The molecule has 1 rings (SSSR count). The largest absolute Gasteiger partial charge is 0.249 e. The van der Waals surface area contributed by atoms with Gasteiger partial charge in [0.2, 0.25) is 0 Å². The minimum atomic E-state index is -2.52. The van der Waals surface area contributed by atoms with E-state index in [9.17, 15) is 4.21 Å². The van der Waals surface area contributed by atoms with Crippen molar-refractivity contribution in [1.29, 1.82) is 4.78 Å². The topological polar surface area (TPSA) is 40.9 Å². The summed E-state index contributed by atoms with van der Waals surface area (Å²) < 4.78 is 19.1. The average molecular weight is 183 g/mol. The van der Waals surface area contributed by atoms with Crippen molar-refractivity contribution in [3.05, 3.63) is 29.8 Å². The summed E-state index contributed by atoms with van der Waals surface area (Å²) in [5.74, 6) is 0.385. The molecule has 66 valence electrons. The van der Waals surface area contributed by atoms with Crippen LogP contribution in [-0.4, -0.2) is 9.96 Å². The van der Waals surface area contributed by atoms with Crippen molar-refractivity contribution >= 4 is 9.73 Å². The molecule has 0 amide bonds. The lowest BCUT2D eigenvalue weighted by Crippen LogP contribution is -2.01. The van der Waals surface area contributed by atoms with Gasteiger partial charge in [-0.25, -0.2) is 8.99 Å². The van der Waals surface area contributed by atoms with E-state index in [4.69, 9.17) is 4.78 Å². The molecule has 3 heteroatoms. The second-order valence-electron chi connectivity index (χ2n) is 2.78. The molecule has 0 aliphatic rings. The molecule has 1 N–H and O–H groups in total. The Bertz CT molecular complexity index is 368. The first kappa shape index (κ1) is 9.26. The summed E-state index contributed by atoms with van der Waals surface area (Å²) in [7, 11) is -2.52. The van der Waals surface area contributed by atoms with E-state index in [0.29, 0.717) is 10.6 Å². The second kappa shape index (κ2) is 3.27. The molecule has 1 atom stereocenters. The van der Waals surface area contributed by atoms with E-state index in [1.807, 2.05) is 25.1 Å². The maximum atomic E-state index is 11.6. The van der Waals surface area contributed by atoms with Gasteiger partial charge in [-0.3, -0.25) is 0 Å². The van der Waals surface area contributed by atoms with Crippen LogP contribution in [0.3, 0.4) is 0 Å². The van der Waals surface area contributed by atoms with Crippen LogP contribution >= 0.6 is 0 Å². The lowest BCUT2D eigenvalue weighted by molar-refractivity contribution is 0.675. The Balaban J connectivity index is 3.21. The monoisotopic (exact) mass is 183 g/mol. The third-order valence-electron chi connectivity index (χ3n) is 1.78. The highest BCUT2D eigenvalue weighted by Crippen LogP contribution is 2.12. The van der Waals surface area contributed by atoms with Crippen molar-refractivity contribution in [3.63, 3.8) is 0 Å². The third kappa shape index (κ3) is 1.85. The summed E-state index contributed by atoms with van der Waals surface area (Å²) in [6, 6.07) is 7.36. The van der Waals surface area contributed by atoms with E-state index >= 15 is 0 Å². The van der Waals surface area contributed by atoms with Crippen molar-refractivity contribution in [1.82, 2.24) is 0 Å². The standard InChI is InChI=1S/C9H13NOS/c1-3-12(10,11)9-6-4-5-8(2)7-9/h4-7,10H,3H2,1-2H3/t12-/m1/s1. The number of nitrogens with one attached hydrogen (secondary N) is 1. The molecular formula is C9H13NOS. The average Bonchev–Trinajstić information content (AvgIpc) is 2.05. The Morgan fingerprint density at radius 2 is 2.17 bits per heavy atom. The van der Waals surface area contributed by atoms with Gasteiger partial charge in [0, 0.05) is 10.6 Å². The minimum absolute atomic E-state index is 0.385. The SMILES string of the molecule is CC[S@@](=N)(=O)c1cccc(C)c1. The molecule has 0 aliphatic carbocycles. The molecule has 0 saturated heterocycles. The van der Waals surface area contributed by atoms with Crippen LogP contribution < -0.4 is 0 Å². The number of hydrogen-bond donors (Lipinski definition) is 1. The molecule has 12 heavy (non-hydrogen) atoms. The molecule has 0 saturated carbocycles. The van der Waals surface area contributed by atoms with Gasteiger partial charge in [-0.2, -0.15) is 0 Å². The van der Waals surface area contributed by atoms with Crippen LogP contribution in [0.15, 0.2) is 29.2 Å². The lowest BCUT2D eigenvalue weighted by Gasteiger charge is -2.04. The molecule has 0 bridgehead atoms. The van der Waals surface area contributed by atoms with Gasteiger partial charge in [-0.15, -0.1) is 0 Å². The molecular weight excluding hydrogens is 170 g/mol. The van der Waals surface area contributed by atoms with Gasteiger partial charge in [0.15, 0.2) is 0 Å². The van der Waals surface area contributed by atoms with Crippen LogP contribution in [0.5, 0.6) is 0 Å². The zero-order chi connectivity index (χ0) is 9.19. The van der Waals surface area contributed by atoms with Gasteiger partial charge in [0.1, 0.15) is 0 Å². The molecule has 0 unspecified atom stereocenters. The molecule has 0 radical (unpaired) electrons. The first-order chi connectivity index (χ1) is 5.56. The quantitative estimate of drug-likeness (QED) is 0.751. The van der Waals surface area contributed by atoms with E-state index in [1.54, 1.807) is 13.0 Å². The Hall–Kier alpha value is -0.830. The summed E-state index contributed by atoms with van der Waals surface area (Å²) in [5.41, 5.74) is 1.06. The lowest BCUT2D eigenvalue weighted by atomic mass is 10.2. The van der Waals surface area contributed by atoms with E-state index in [0.717, 1.165) is 5.56 Å². The smallest absolute Gasteiger partial charge is 0.0723 e. The van der Waals surface area contributed by atoms with Crippen LogP contribution in [0.1, 0.15) is 12.5 Å². The summed E-state index contributed by atoms with van der Waals surface area (Å²) in [5, 5.41) is 0. The summed E-state index contributed by atoms with van der Waals surface area (Å²) in [4.78, 5) is 0.644. The highest BCUT2D eigenvalue weighted by molar-refractivity contribution is 7.92. The van der Waals surface area contributed by atoms with Crippen LogP contribution in [0.25, 0.3) is 0 Å². The third-order valence-corrected chi connectivity index (χ3v) is 3.61. The van der Waals surface area contributed by atoms with Crippen LogP contribution in [0.4, 0.5) is 0 Å². The van der Waals surface area contributed by atoms with Gasteiger partial charge in [-0.1, -0.05) is 19.1 Å². The predicted octanol–water partition coefficient (Wildman–Crippen LogP) is 2.42. The minimum Gasteiger partial charge on any atom is -0.249 e.